The van der Waals surface area contributed by atoms with E-state index in [0.717, 1.165) is 18.3 Å². The maximum Gasteiger partial charge on any atom is 0.416 e. The van der Waals surface area contributed by atoms with Gasteiger partial charge in [-0.05, 0) is 29.8 Å². The topological polar surface area (TPSA) is 24.9 Å². The number of anilines is 1. The monoisotopic (exact) mass is 270 g/mol. The number of benzene rings is 1. The summed E-state index contributed by atoms with van der Waals surface area (Å²) in [6.07, 6.45) is -3.32. The normalized spacial score (nSPS) is 11.4. The fourth-order valence-corrected chi connectivity index (χ4v) is 1.54. The van der Waals surface area contributed by atoms with Crippen molar-refractivity contribution in [1.82, 2.24) is 4.98 Å². The molecule has 1 aromatic heterocycles. The lowest BCUT2D eigenvalue weighted by Crippen LogP contribution is -2.07. The van der Waals surface area contributed by atoms with Crippen LogP contribution in [0.3, 0.4) is 0 Å². The minimum Gasteiger partial charge on any atom is -0.366 e. The van der Waals surface area contributed by atoms with E-state index in [1.54, 1.807) is 6.07 Å². The van der Waals surface area contributed by atoms with Crippen LogP contribution in [0.25, 0.3) is 0 Å². The molecule has 0 aliphatic heterocycles. The highest BCUT2D eigenvalue weighted by Gasteiger charge is 2.30. The van der Waals surface area contributed by atoms with Crippen molar-refractivity contribution in [1.29, 1.82) is 0 Å². The third kappa shape index (κ3) is 3.67. The Bertz CT molecular complexity index is 567. The smallest absolute Gasteiger partial charge is 0.366 e. The quantitative estimate of drug-likeness (QED) is 0.857. The van der Waals surface area contributed by atoms with Crippen molar-refractivity contribution in [2.45, 2.75) is 12.7 Å². The zero-order valence-corrected chi connectivity index (χ0v) is 9.71. The molecule has 1 aromatic carbocycles. The molecule has 0 fully saturated rings. The molecular formula is C13H10F4N2. The van der Waals surface area contributed by atoms with Crippen LogP contribution in [0.15, 0.2) is 42.6 Å². The van der Waals surface area contributed by atoms with E-state index in [1.807, 2.05) is 0 Å². The zero-order valence-electron chi connectivity index (χ0n) is 9.71. The van der Waals surface area contributed by atoms with E-state index in [4.69, 9.17) is 0 Å². The first-order valence-electron chi connectivity index (χ1n) is 5.47. The van der Waals surface area contributed by atoms with Crippen molar-refractivity contribution in [3.05, 3.63) is 59.5 Å². The molecule has 100 valence electrons. The average Bonchev–Trinajstić information content (AvgIpc) is 2.36. The van der Waals surface area contributed by atoms with Crippen LogP contribution in [0.4, 0.5) is 23.4 Å². The molecule has 0 spiro atoms. The molecule has 0 saturated heterocycles. The van der Waals surface area contributed by atoms with Crippen molar-refractivity contribution in [2.75, 3.05) is 5.32 Å². The predicted molar refractivity (Wildman–Crippen MR) is 63.0 cm³/mol. The van der Waals surface area contributed by atoms with Gasteiger partial charge in [0.05, 0.1) is 5.56 Å². The van der Waals surface area contributed by atoms with Crippen LogP contribution >= 0.6 is 0 Å². The van der Waals surface area contributed by atoms with Crippen LogP contribution in [-0.2, 0) is 12.7 Å². The number of hydrogen-bond donors (Lipinski definition) is 1. The number of rotatable bonds is 3. The van der Waals surface area contributed by atoms with E-state index < -0.39 is 17.6 Å². The lowest BCUT2D eigenvalue weighted by molar-refractivity contribution is -0.137. The molecular weight excluding hydrogens is 260 g/mol. The van der Waals surface area contributed by atoms with Gasteiger partial charge in [-0.15, -0.1) is 0 Å². The Morgan fingerprint density at radius 3 is 2.58 bits per heavy atom. The van der Waals surface area contributed by atoms with E-state index in [0.29, 0.717) is 5.56 Å². The van der Waals surface area contributed by atoms with Crippen LogP contribution in [0.1, 0.15) is 11.1 Å². The van der Waals surface area contributed by atoms with E-state index in [1.165, 1.54) is 18.2 Å². The predicted octanol–water partition coefficient (Wildman–Crippen LogP) is 3.85. The van der Waals surface area contributed by atoms with Crippen molar-refractivity contribution < 1.29 is 17.6 Å². The second kappa shape index (κ2) is 5.26. The Kier molecular flexibility index (Phi) is 3.69. The Hall–Kier alpha value is -2.11. The fourth-order valence-electron chi connectivity index (χ4n) is 1.54. The summed E-state index contributed by atoms with van der Waals surface area (Å²) in [5.41, 5.74) is -0.150. The Morgan fingerprint density at radius 2 is 1.89 bits per heavy atom. The van der Waals surface area contributed by atoms with Crippen LogP contribution < -0.4 is 5.32 Å². The van der Waals surface area contributed by atoms with Gasteiger partial charge in [-0.25, -0.2) is 9.37 Å². The van der Waals surface area contributed by atoms with E-state index >= 15 is 0 Å². The van der Waals surface area contributed by atoms with Gasteiger partial charge in [-0.1, -0.05) is 12.1 Å². The van der Waals surface area contributed by atoms with Gasteiger partial charge < -0.3 is 5.32 Å². The number of halogens is 4. The van der Waals surface area contributed by atoms with Crippen molar-refractivity contribution >= 4 is 5.82 Å². The molecule has 2 aromatic rings. The number of nitrogens with zero attached hydrogens (tertiary/aromatic N) is 1. The Labute approximate surface area is 107 Å². The highest BCUT2D eigenvalue weighted by Crippen LogP contribution is 2.29. The van der Waals surface area contributed by atoms with Crippen LogP contribution in [-0.4, -0.2) is 4.98 Å². The van der Waals surface area contributed by atoms with Gasteiger partial charge in [0.25, 0.3) is 0 Å². The first-order chi connectivity index (χ1) is 8.95. The molecule has 0 aliphatic rings. The molecule has 1 N–H and O–H groups in total. The summed E-state index contributed by atoms with van der Waals surface area (Å²) in [7, 11) is 0. The van der Waals surface area contributed by atoms with Gasteiger partial charge in [-0.2, -0.15) is 13.2 Å². The summed E-state index contributed by atoms with van der Waals surface area (Å²) in [6.45, 7) is 0.200. The van der Waals surface area contributed by atoms with Crippen LogP contribution in [0.2, 0.25) is 0 Å². The van der Waals surface area contributed by atoms with Crippen LogP contribution in [0, 0.1) is 5.82 Å². The highest BCUT2D eigenvalue weighted by atomic mass is 19.4. The summed E-state index contributed by atoms with van der Waals surface area (Å²) >= 11 is 0. The van der Waals surface area contributed by atoms with E-state index in [9.17, 15) is 17.6 Å². The second-order valence-electron chi connectivity index (χ2n) is 3.91. The van der Waals surface area contributed by atoms with Crippen LogP contribution in [0.5, 0.6) is 0 Å². The molecule has 1 heterocycles. The standard InChI is InChI=1S/C13H10F4N2/c14-11-3-1-2-9(6-11)8-19-12-7-10(4-5-18-12)13(15,16)17/h1-7H,8H2,(H,18,19). The molecule has 0 amide bonds. The molecule has 2 nitrogen and oxygen atoms in total. The SMILES string of the molecule is Fc1cccc(CNc2cc(C(F)(F)F)ccn2)c1. The maximum absolute atomic E-state index is 12.9. The van der Waals surface area contributed by atoms with Crippen molar-refractivity contribution in [3.63, 3.8) is 0 Å². The minimum atomic E-state index is -4.40. The van der Waals surface area contributed by atoms with Crippen molar-refractivity contribution in [3.8, 4) is 0 Å². The third-order valence-corrected chi connectivity index (χ3v) is 2.45. The first-order valence-corrected chi connectivity index (χ1v) is 5.47. The maximum atomic E-state index is 12.9. The number of alkyl halides is 3. The molecule has 0 aliphatic carbocycles. The van der Waals surface area contributed by atoms with Gasteiger partial charge in [0.2, 0.25) is 0 Å². The highest BCUT2D eigenvalue weighted by molar-refractivity contribution is 5.39. The van der Waals surface area contributed by atoms with Crippen molar-refractivity contribution in [2.24, 2.45) is 0 Å². The number of nitrogens with one attached hydrogen (secondary N) is 1. The lowest BCUT2D eigenvalue weighted by Gasteiger charge is -2.09. The summed E-state index contributed by atoms with van der Waals surface area (Å²) in [6, 6.07) is 7.62. The van der Waals surface area contributed by atoms with Gasteiger partial charge in [-0.3, -0.25) is 0 Å². The molecule has 0 atom stereocenters. The molecule has 0 saturated carbocycles. The summed E-state index contributed by atoms with van der Waals surface area (Å²) in [5.74, 6) is -0.296. The summed E-state index contributed by atoms with van der Waals surface area (Å²) in [5, 5.41) is 2.72. The van der Waals surface area contributed by atoms with Gasteiger partial charge in [0.1, 0.15) is 11.6 Å². The largest absolute Gasteiger partial charge is 0.416 e. The third-order valence-electron chi connectivity index (χ3n) is 2.45. The Morgan fingerprint density at radius 1 is 1.11 bits per heavy atom. The number of pyridine rings is 1. The zero-order chi connectivity index (χ0) is 13.9. The molecule has 19 heavy (non-hydrogen) atoms. The second-order valence-corrected chi connectivity index (χ2v) is 3.91. The van der Waals surface area contributed by atoms with Gasteiger partial charge in [0, 0.05) is 12.7 Å². The molecule has 0 radical (unpaired) electrons. The molecule has 2 rings (SSSR count). The molecule has 0 unspecified atom stereocenters. The summed E-state index contributed by atoms with van der Waals surface area (Å²) in [4.78, 5) is 3.79. The molecule has 0 bridgehead atoms. The minimum absolute atomic E-state index is 0.0964. The first kappa shape index (κ1) is 13.3. The van der Waals surface area contributed by atoms with Gasteiger partial charge >= 0.3 is 6.18 Å². The molecule has 6 heteroatoms. The average molecular weight is 270 g/mol. The van der Waals surface area contributed by atoms with E-state index in [2.05, 4.69) is 10.3 Å². The Balaban J connectivity index is 2.08. The lowest BCUT2D eigenvalue weighted by atomic mass is 10.2. The summed E-state index contributed by atoms with van der Waals surface area (Å²) < 4.78 is 50.4. The van der Waals surface area contributed by atoms with Gasteiger partial charge in [0.15, 0.2) is 0 Å². The van der Waals surface area contributed by atoms with E-state index in [-0.39, 0.29) is 12.4 Å². The number of hydrogen-bond acceptors (Lipinski definition) is 2. The fraction of sp³-hybridized carbons (Fsp3) is 0.154. The number of aromatic nitrogens is 1.